The van der Waals surface area contributed by atoms with E-state index < -0.39 is 0 Å². The number of nitrogens with zero attached hydrogens (tertiary/aromatic N) is 5. The first-order valence-electron chi connectivity index (χ1n) is 7.30. The van der Waals surface area contributed by atoms with Gasteiger partial charge in [-0.15, -0.1) is 10.2 Å². The Kier molecular flexibility index (Phi) is 3.60. The van der Waals surface area contributed by atoms with Crippen molar-refractivity contribution in [2.45, 2.75) is 29.8 Å². The number of hydrogen-bond donors (Lipinski definition) is 0. The Morgan fingerprint density at radius 1 is 1.09 bits per heavy atom. The lowest BCUT2D eigenvalue weighted by Crippen LogP contribution is -2.00. The van der Waals surface area contributed by atoms with Crippen molar-refractivity contribution in [1.29, 1.82) is 0 Å². The normalized spacial score (nSPS) is 14.2. The van der Waals surface area contributed by atoms with Crippen LogP contribution in [0.2, 0.25) is 0 Å². The Morgan fingerprint density at radius 3 is 2.77 bits per heavy atom. The van der Waals surface area contributed by atoms with Crippen LogP contribution in [-0.4, -0.2) is 24.7 Å². The zero-order chi connectivity index (χ0) is 14.8. The summed E-state index contributed by atoms with van der Waals surface area (Å²) in [4.78, 5) is 8.55. The maximum absolute atomic E-state index is 4.39. The Balaban J connectivity index is 1.62. The zero-order valence-electron chi connectivity index (χ0n) is 12.0. The number of pyridine rings is 2. The molecule has 0 amide bonds. The molecule has 3 aromatic rings. The van der Waals surface area contributed by atoms with Crippen LogP contribution in [0.5, 0.6) is 0 Å². The second kappa shape index (κ2) is 5.88. The lowest BCUT2D eigenvalue weighted by molar-refractivity contribution is 0.669. The molecule has 0 atom stereocenters. The van der Waals surface area contributed by atoms with Gasteiger partial charge in [-0.25, -0.2) is 0 Å². The van der Waals surface area contributed by atoms with Crippen molar-refractivity contribution in [3.05, 3.63) is 54.6 Å². The van der Waals surface area contributed by atoms with E-state index in [-0.39, 0.29) is 0 Å². The summed E-state index contributed by atoms with van der Waals surface area (Å²) in [6.45, 7) is 0. The summed E-state index contributed by atoms with van der Waals surface area (Å²) < 4.78 is 2.25. The maximum Gasteiger partial charge on any atom is 0.192 e. The van der Waals surface area contributed by atoms with Crippen molar-refractivity contribution in [3.63, 3.8) is 0 Å². The largest absolute Gasteiger partial charge is 0.299 e. The van der Waals surface area contributed by atoms with Crippen molar-refractivity contribution in [1.82, 2.24) is 24.7 Å². The summed E-state index contributed by atoms with van der Waals surface area (Å²) in [6.07, 6.45) is 7.83. The molecule has 1 saturated carbocycles. The quantitative estimate of drug-likeness (QED) is 0.676. The molecular formula is C16H15N5S. The van der Waals surface area contributed by atoms with E-state index in [9.17, 15) is 0 Å². The molecule has 0 radical (unpaired) electrons. The lowest BCUT2D eigenvalue weighted by Gasteiger charge is -2.08. The van der Waals surface area contributed by atoms with Gasteiger partial charge in [0, 0.05) is 35.9 Å². The van der Waals surface area contributed by atoms with E-state index in [2.05, 4.69) is 24.7 Å². The van der Waals surface area contributed by atoms with Gasteiger partial charge < -0.3 is 0 Å². The zero-order valence-corrected chi connectivity index (χ0v) is 12.8. The number of thioether (sulfide) groups is 1. The standard InChI is InChI=1S/C16H15N5S/c1-2-9-18-13(5-1)11-22-16-20-19-15(21(16)14-6-7-14)12-4-3-8-17-10-12/h1-5,8-10,14H,6-7,11H2. The molecule has 1 fully saturated rings. The summed E-state index contributed by atoms with van der Waals surface area (Å²) in [5, 5.41) is 9.75. The molecule has 0 aliphatic heterocycles. The van der Waals surface area contributed by atoms with Gasteiger partial charge in [0.1, 0.15) is 0 Å². The van der Waals surface area contributed by atoms with Crippen molar-refractivity contribution >= 4 is 11.8 Å². The van der Waals surface area contributed by atoms with E-state index in [1.165, 1.54) is 12.8 Å². The van der Waals surface area contributed by atoms with Crippen LogP contribution in [0.4, 0.5) is 0 Å². The molecule has 4 rings (SSSR count). The van der Waals surface area contributed by atoms with Crippen LogP contribution in [0.1, 0.15) is 24.6 Å². The highest BCUT2D eigenvalue weighted by molar-refractivity contribution is 7.98. The van der Waals surface area contributed by atoms with E-state index in [4.69, 9.17) is 0 Å². The Labute approximate surface area is 132 Å². The van der Waals surface area contributed by atoms with Crippen LogP contribution in [-0.2, 0) is 5.75 Å². The molecule has 0 N–H and O–H groups in total. The van der Waals surface area contributed by atoms with Crippen molar-refractivity contribution in [2.75, 3.05) is 0 Å². The van der Waals surface area contributed by atoms with Crippen LogP contribution in [0.25, 0.3) is 11.4 Å². The maximum atomic E-state index is 4.39. The second-order valence-electron chi connectivity index (χ2n) is 5.26. The highest BCUT2D eigenvalue weighted by Crippen LogP contribution is 2.41. The Morgan fingerprint density at radius 2 is 2.05 bits per heavy atom. The first kappa shape index (κ1) is 13.5. The van der Waals surface area contributed by atoms with Gasteiger partial charge in [-0.3, -0.25) is 14.5 Å². The van der Waals surface area contributed by atoms with Crippen LogP contribution in [0.15, 0.2) is 54.1 Å². The molecule has 0 spiro atoms. The van der Waals surface area contributed by atoms with Crippen LogP contribution >= 0.6 is 11.8 Å². The van der Waals surface area contributed by atoms with E-state index in [0.29, 0.717) is 6.04 Å². The topological polar surface area (TPSA) is 56.5 Å². The summed E-state index contributed by atoms with van der Waals surface area (Å²) in [7, 11) is 0. The molecular weight excluding hydrogens is 294 g/mol. The van der Waals surface area contributed by atoms with Gasteiger partial charge in [0.2, 0.25) is 0 Å². The third-order valence-corrected chi connectivity index (χ3v) is 4.55. The molecule has 110 valence electrons. The monoisotopic (exact) mass is 309 g/mol. The molecule has 0 aromatic carbocycles. The summed E-state index contributed by atoms with van der Waals surface area (Å²) in [6, 6.07) is 10.5. The number of hydrogen-bond acceptors (Lipinski definition) is 5. The average molecular weight is 309 g/mol. The minimum atomic E-state index is 0.524. The molecule has 1 aliphatic carbocycles. The summed E-state index contributed by atoms with van der Waals surface area (Å²) in [5.74, 6) is 1.72. The molecule has 5 nitrogen and oxygen atoms in total. The fraction of sp³-hybridized carbons (Fsp3) is 0.250. The SMILES string of the molecule is c1ccc(CSc2nnc(-c3cccnc3)n2C2CC2)nc1. The van der Waals surface area contributed by atoms with Crippen molar-refractivity contribution < 1.29 is 0 Å². The number of rotatable bonds is 5. The Bertz CT molecular complexity index is 753. The lowest BCUT2D eigenvalue weighted by atomic mass is 10.3. The third-order valence-electron chi connectivity index (χ3n) is 3.57. The fourth-order valence-electron chi connectivity index (χ4n) is 2.35. The first-order chi connectivity index (χ1) is 10.9. The van der Waals surface area contributed by atoms with Gasteiger partial charge >= 0.3 is 0 Å². The highest BCUT2D eigenvalue weighted by Gasteiger charge is 2.30. The van der Waals surface area contributed by atoms with Gasteiger partial charge in [-0.05, 0) is 37.1 Å². The van der Waals surface area contributed by atoms with Crippen LogP contribution in [0, 0.1) is 0 Å². The molecule has 0 unspecified atom stereocenters. The molecule has 3 aromatic heterocycles. The molecule has 0 bridgehead atoms. The van der Waals surface area contributed by atoms with Crippen molar-refractivity contribution in [2.24, 2.45) is 0 Å². The van der Waals surface area contributed by atoms with Crippen molar-refractivity contribution in [3.8, 4) is 11.4 Å². The number of aromatic nitrogens is 5. The smallest absolute Gasteiger partial charge is 0.192 e. The van der Waals surface area contributed by atoms with Crippen LogP contribution < -0.4 is 0 Å². The predicted molar refractivity (Wildman–Crippen MR) is 85.3 cm³/mol. The van der Waals surface area contributed by atoms with E-state index in [0.717, 1.165) is 28.0 Å². The Hall–Kier alpha value is -2.21. The van der Waals surface area contributed by atoms with Gasteiger partial charge in [-0.1, -0.05) is 17.8 Å². The van der Waals surface area contributed by atoms with E-state index in [1.54, 1.807) is 18.0 Å². The van der Waals surface area contributed by atoms with Crippen LogP contribution in [0.3, 0.4) is 0 Å². The van der Waals surface area contributed by atoms with Gasteiger partial charge in [0.25, 0.3) is 0 Å². The predicted octanol–water partition coefficient (Wildman–Crippen LogP) is 3.36. The van der Waals surface area contributed by atoms with Gasteiger partial charge in [0.15, 0.2) is 11.0 Å². The molecule has 3 heterocycles. The molecule has 6 heteroatoms. The van der Waals surface area contributed by atoms with E-state index in [1.807, 2.05) is 42.7 Å². The summed E-state index contributed by atoms with van der Waals surface area (Å²) >= 11 is 1.69. The van der Waals surface area contributed by atoms with E-state index >= 15 is 0 Å². The highest BCUT2D eigenvalue weighted by atomic mass is 32.2. The fourth-order valence-corrected chi connectivity index (χ4v) is 3.27. The minimum Gasteiger partial charge on any atom is -0.299 e. The minimum absolute atomic E-state index is 0.524. The molecule has 22 heavy (non-hydrogen) atoms. The average Bonchev–Trinajstić information content (AvgIpc) is 3.34. The summed E-state index contributed by atoms with van der Waals surface area (Å²) in [5.41, 5.74) is 2.08. The van der Waals surface area contributed by atoms with Gasteiger partial charge in [0.05, 0.1) is 5.69 Å². The second-order valence-corrected chi connectivity index (χ2v) is 6.20. The third kappa shape index (κ3) is 2.74. The first-order valence-corrected chi connectivity index (χ1v) is 8.28. The molecule has 0 saturated heterocycles. The molecule has 1 aliphatic rings. The van der Waals surface area contributed by atoms with Gasteiger partial charge in [-0.2, -0.15) is 0 Å².